The summed E-state index contributed by atoms with van der Waals surface area (Å²) in [4.78, 5) is 0. The Morgan fingerprint density at radius 1 is 1.00 bits per heavy atom. The third kappa shape index (κ3) is 2.96. The lowest BCUT2D eigenvalue weighted by Gasteiger charge is -2.36. The molecule has 0 saturated heterocycles. The predicted molar refractivity (Wildman–Crippen MR) is 128 cm³/mol. The first kappa shape index (κ1) is 18.6. The van der Waals surface area contributed by atoms with Crippen LogP contribution in [0, 0.1) is 18.3 Å². The van der Waals surface area contributed by atoms with Crippen LogP contribution in [0.2, 0.25) is 0 Å². The van der Waals surface area contributed by atoms with E-state index in [9.17, 15) is 0 Å². The highest BCUT2D eigenvalue weighted by molar-refractivity contribution is 5.85. The fourth-order valence-electron chi connectivity index (χ4n) is 5.89. The molecule has 1 fully saturated rings. The smallest absolute Gasteiger partial charge is 0.0700 e. The largest absolute Gasteiger partial charge is 0.233 e. The van der Waals surface area contributed by atoms with Gasteiger partial charge in [0, 0.05) is 0 Å². The predicted octanol–water partition coefficient (Wildman–Crippen LogP) is 6.93. The van der Waals surface area contributed by atoms with Crippen molar-refractivity contribution < 1.29 is 0 Å². The quantitative estimate of drug-likeness (QED) is 0.362. The van der Waals surface area contributed by atoms with Gasteiger partial charge < -0.3 is 0 Å². The topological polar surface area (TPSA) is 17.8 Å². The second-order valence-corrected chi connectivity index (χ2v) is 9.64. The van der Waals surface area contributed by atoms with Crippen molar-refractivity contribution in [2.24, 2.45) is 11.3 Å². The van der Waals surface area contributed by atoms with E-state index >= 15 is 0 Å². The Morgan fingerprint density at radius 3 is 2.68 bits per heavy atom. The second kappa shape index (κ2) is 6.95. The van der Waals surface area contributed by atoms with Crippen molar-refractivity contribution in [3.63, 3.8) is 0 Å². The molecule has 1 aromatic heterocycles. The Balaban J connectivity index is 1.35. The van der Waals surface area contributed by atoms with E-state index in [1.165, 1.54) is 46.0 Å². The lowest BCUT2D eigenvalue weighted by Crippen LogP contribution is -2.30. The number of hydrogen-bond acceptors (Lipinski definition) is 1. The Labute approximate surface area is 184 Å². The minimum atomic E-state index is 0.227. The van der Waals surface area contributed by atoms with E-state index in [0.29, 0.717) is 5.92 Å². The fraction of sp³-hybridized carbons (Fsp3) is 0.276. The standard InChI is InChI=1S/C29H28N2/c1-20-10-14-26(15-11-20)31-28-17-25-13-12-24(29(25,2)18-23(28)19-30-31)16-22-8-5-7-21-6-3-4-9-27(21)22/h3-11,14-15,17,19,24H,12-13,16,18H2,1-2H3/t24-,29-/m1/s1. The molecule has 2 heteroatoms. The van der Waals surface area contributed by atoms with E-state index in [2.05, 4.69) is 97.5 Å². The van der Waals surface area contributed by atoms with Crippen molar-refractivity contribution >= 4 is 16.8 Å². The summed E-state index contributed by atoms with van der Waals surface area (Å²) in [5.74, 6) is 0.667. The molecule has 0 amide bonds. The summed E-state index contributed by atoms with van der Waals surface area (Å²) < 4.78 is 2.12. The number of allylic oxidation sites excluding steroid dienone is 1. The van der Waals surface area contributed by atoms with Crippen LogP contribution < -0.4 is 0 Å². The van der Waals surface area contributed by atoms with Crippen LogP contribution in [0.5, 0.6) is 0 Å². The Kier molecular flexibility index (Phi) is 4.17. The first-order valence-electron chi connectivity index (χ1n) is 11.4. The van der Waals surface area contributed by atoms with Crippen molar-refractivity contribution in [1.29, 1.82) is 0 Å². The number of rotatable bonds is 3. The molecule has 31 heavy (non-hydrogen) atoms. The molecule has 1 saturated carbocycles. The van der Waals surface area contributed by atoms with Crippen LogP contribution in [0.15, 0.2) is 78.5 Å². The Morgan fingerprint density at radius 2 is 1.81 bits per heavy atom. The van der Waals surface area contributed by atoms with Crippen molar-refractivity contribution in [2.45, 2.75) is 39.5 Å². The molecule has 154 valence electrons. The molecule has 0 aliphatic heterocycles. The van der Waals surface area contributed by atoms with Gasteiger partial charge in [0.05, 0.1) is 17.6 Å². The lowest BCUT2D eigenvalue weighted by atomic mass is 9.68. The molecular weight excluding hydrogens is 376 g/mol. The maximum Gasteiger partial charge on any atom is 0.0700 e. The molecule has 3 aromatic carbocycles. The SMILES string of the molecule is Cc1ccc(-n2ncc3c2C=C2CC[C@H](Cc4cccc5ccccc45)[C@@]2(C)C3)cc1. The third-order valence-corrected chi connectivity index (χ3v) is 7.78. The normalized spacial score (nSPS) is 22.3. The van der Waals surface area contributed by atoms with Crippen LogP contribution in [0.25, 0.3) is 22.5 Å². The van der Waals surface area contributed by atoms with E-state index in [4.69, 9.17) is 5.10 Å². The molecule has 1 heterocycles. The molecule has 0 unspecified atom stereocenters. The van der Waals surface area contributed by atoms with Gasteiger partial charge in [0.25, 0.3) is 0 Å². The van der Waals surface area contributed by atoms with Crippen LogP contribution in [0.1, 0.15) is 42.1 Å². The zero-order valence-corrected chi connectivity index (χ0v) is 18.3. The van der Waals surface area contributed by atoms with Crippen LogP contribution in [0.4, 0.5) is 0 Å². The number of aromatic nitrogens is 2. The summed E-state index contributed by atoms with van der Waals surface area (Å²) in [6.45, 7) is 4.62. The molecule has 0 spiro atoms. The summed E-state index contributed by atoms with van der Waals surface area (Å²) in [5, 5.41) is 7.54. The molecule has 2 aliphatic carbocycles. The third-order valence-electron chi connectivity index (χ3n) is 7.78. The molecular formula is C29H28N2. The maximum atomic E-state index is 4.78. The molecule has 0 bridgehead atoms. The van der Waals surface area contributed by atoms with Gasteiger partial charge in [-0.15, -0.1) is 0 Å². The molecule has 6 rings (SSSR count). The summed E-state index contributed by atoms with van der Waals surface area (Å²) in [6.07, 6.45) is 9.26. The number of nitrogens with zero attached hydrogens (tertiary/aromatic N) is 2. The fourth-order valence-corrected chi connectivity index (χ4v) is 5.89. The lowest BCUT2D eigenvalue weighted by molar-refractivity contribution is 0.270. The van der Waals surface area contributed by atoms with E-state index < -0.39 is 0 Å². The van der Waals surface area contributed by atoms with Gasteiger partial charge in [0.1, 0.15) is 0 Å². The van der Waals surface area contributed by atoms with Crippen LogP contribution in [0.3, 0.4) is 0 Å². The molecule has 4 aromatic rings. The second-order valence-electron chi connectivity index (χ2n) is 9.64. The number of benzene rings is 3. The van der Waals surface area contributed by atoms with Gasteiger partial charge in [-0.1, -0.05) is 72.7 Å². The minimum Gasteiger partial charge on any atom is -0.233 e. The highest BCUT2D eigenvalue weighted by Gasteiger charge is 2.45. The highest BCUT2D eigenvalue weighted by atomic mass is 15.3. The molecule has 2 aliphatic rings. The van der Waals surface area contributed by atoms with Gasteiger partial charge in [0.15, 0.2) is 0 Å². The van der Waals surface area contributed by atoms with Gasteiger partial charge in [-0.25, -0.2) is 4.68 Å². The van der Waals surface area contributed by atoms with E-state index in [1.54, 1.807) is 5.57 Å². The first-order valence-corrected chi connectivity index (χ1v) is 11.4. The van der Waals surface area contributed by atoms with Crippen molar-refractivity contribution in [2.75, 3.05) is 0 Å². The monoisotopic (exact) mass is 404 g/mol. The van der Waals surface area contributed by atoms with E-state index in [0.717, 1.165) is 18.5 Å². The maximum absolute atomic E-state index is 4.78. The molecule has 0 radical (unpaired) electrons. The first-order chi connectivity index (χ1) is 15.1. The van der Waals surface area contributed by atoms with Crippen LogP contribution in [-0.2, 0) is 12.8 Å². The number of aryl methyl sites for hydroxylation is 1. The van der Waals surface area contributed by atoms with Crippen molar-refractivity contribution in [3.8, 4) is 5.69 Å². The number of fused-ring (bicyclic) bond motifs is 3. The van der Waals surface area contributed by atoms with Crippen LogP contribution in [-0.4, -0.2) is 9.78 Å². The van der Waals surface area contributed by atoms with Gasteiger partial charge in [-0.3, -0.25) is 0 Å². The van der Waals surface area contributed by atoms with Gasteiger partial charge in [-0.2, -0.15) is 5.10 Å². The summed E-state index contributed by atoms with van der Waals surface area (Å²) in [5.41, 5.74) is 8.43. The van der Waals surface area contributed by atoms with Gasteiger partial charge in [-0.05, 0) is 84.0 Å². The summed E-state index contributed by atoms with van der Waals surface area (Å²) in [6, 6.07) is 24.3. The van der Waals surface area contributed by atoms with E-state index in [1.807, 2.05) is 0 Å². The Hall–Kier alpha value is -3.13. The zero-order valence-electron chi connectivity index (χ0n) is 18.3. The number of hydrogen-bond donors (Lipinski definition) is 0. The average molecular weight is 405 g/mol. The Bertz CT molecular complexity index is 1300. The minimum absolute atomic E-state index is 0.227. The van der Waals surface area contributed by atoms with Gasteiger partial charge in [0.2, 0.25) is 0 Å². The van der Waals surface area contributed by atoms with Crippen molar-refractivity contribution in [1.82, 2.24) is 9.78 Å². The van der Waals surface area contributed by atoms with Crippen LogP contribution >= 0.6 is 0 Å². The van der Waals surface area contributed by atoms with E-state index in [-0.39, 0.29) is 5.41 Å². The van der Waals surface area contributed by atoms with Crippen molar-refractivity contribution in [3.05, 3.63) is 101 Å². The highest BCUT2D eigenvalue weighted by Crippen LogP contribution is 2.54. The molecule has 2 atom stereocenters. The average Bonchev–Trinajstić information content (AvgIpc) is 3.33. The van der Waals surface area contributed by atoms with Gasteiger partial charge >= 0.3 is 0 Å². The molecule has 0 N–H and O–H groups in total. The zero-order chi connectivity index (χ0) is 21.0. The molecule has 2 nitrogen and oxygen atoms in total. The summed E-state index contributed by atoms with van der Waals surface area (Å²) in [7, 11) is 0. The summed E-state index contributed by atoms with van der Waals surface area (Å²) >= 11 is 0.